The van der Waals surface area contributed by atoms with Gasteiger partial charge < -0.3 is 9.73 Å². The van der Waals surface area contributed by atoms with E-state index in [1.807, 2.05) is 5.38 Å². The first-order valence-electron chi connectivity index (χ1n) is 6.89. The van der Waals surface area contributed by atoms with Crippen LogP contribution in [0.1, 0.15) is 31.7 Å². The summed E-state index contributed by atoms with van der Waals surface area (Å²) in [6.45, 7) is 3.52. The van der Waals surface area contributed by atoms with E-state index in [0.717, 1.165) is 4.83 Å². The summed E-state index contributed by atoms with van der Waals surface area (Å²) >= 11 is 1.43. The number of nitrogens with one attached hydrogen (secondary N) is 2. The highest BCUT2D eigenvalue weighted by Crippen LogP contribution is 2.26. The number of guanidine groups is 1. The Balaban J connectivity index is 1.93. The Labute approximate surface area is 137 Å². The zero-order valence-electron chi connectivity index (χ0n) is 12.9. The highest BCUT2D eigenvalue weighted by molar-refractivity contribution is 7.16. The molecule has 0 radical (unpaired) electrons. The molecule has 2 aromatic rings. The van der Waals surface area contributed by atoms with E-state index in [2.05, 4.69) is 34.0 Å². The van der Waals surface area contributed by atoms with Crippen molar-refractivity contribution in [3.8, 4) is 23.7 Å². The minimum atomic E-state index is -0.777. The molecule has 1 aliphatic heterocycles. The van der Waals surface area contributed by atoms with Crippen molar-refractivity contribution in [3.05, 3.63) is 16.8 Å². The van der Waals surface area contributed by atoms with Crippen molar-refractivity contribution >= 4 is 33.6 Å². The minimum Gasteiger partial charge on any atom is -0.428 e. The van der Waals surface area contributed by atoms with Crippen molar-refractivity contribution in [3.63, 3.8) is 0 Å². The zero-order chi connectivity index (χ0) is 16.6. The van der Waals surface area contributed by atoms with Crippen LogP contribution in [0.3, 0.4) is 0 Å². The third kappa shape index (κ3) is 2.79. The molecule has 3 heterocycles. The van der Waals surface area contributed by atoms with Crippen molar-refractivity contribution in [2.45, 2.75) is 25.8 Å². The van der Waals surface area contributed by atoms with Crippen molar-refractivity contribution < 1.29 is 9.21 Å². The third-order valence-electron chi connectivity index (χ3n) is 3.44. The van der Waals surface area contributed by atoms with E-state index >= 15 is 0 Å². The van der Waals surface area contributed by atoms with Gasteiger partial charge in [-0.15, -0.1) is 11.3 Å². The lowest BCUT2D eigenvalue weighted by Gasteiger charge is -2.35. The Hall–Kier alpha value is -2.77. The molecule has 116 valence electrons. The number of hydrogen-bond donors (Lipinski definition) is 2. The van der Waals surface area contributed by atoms with E-state index < -0.39 is 5.54 Å². The number of thiophene rings is 1. The SMILES string of the molecule is CC#Cc1nc2scc(C#CC3(C)CC(=O)N(C)C(=N)N3)c2o1. The standard InChI is InChI=1S/C16H14N4O2S/c1-4-5-11-18-14-13(22-11)10(9-23-14)6-7-16(2)8-12(21)20(3)15(17)19-16/h9H,8H2,1-3H3,(H2,17,19). The Morgan fingerprint density at radius 3 is 3.00 bits per heavy atom. The lowest BCUT2D eigenvalue weighted by molar-refractivity contribution is -0.128. The van der Waals surface area contributed by atoms with Crippen LogP contribution < -0.4 is 5.32 Å². The Morgan fingerprint density at radius 1 is 1.52 bits per heavy atom. The molecule has 2 N–H and O–H groups in total. The predicted molar refractivity (Wildman–Crippen MR) is 88.0 cm³/mol. The smallest absolute Gasteiger partial charge is 0.275 e. The average molecular weight is 326 g/mol. The van der Waals surface area contributed by atoms with Crippen LogP contribution in [0, 0.1) is 29.1 Å². The molecule has 1 atom stereocenters. The molecule has 7 heteroatoms. The molecule has 1 unspecified atom stereocenters. The first kappa shape index (κ1) is 15.1. The largest absolute Gasteiger partial charge is 0.428 e. The molecule has 0 spiro atoms. The molecule has 0 aliphatic carbocycles. The number of rotatable bonds is 0. The molecule has 0 aromatic carbocycles. The van der Waals surface area contributed by atoms with Gasteiger partial charge in [0, 0.05) is 12.4 Å². The van der Waals surface area contributed by atoms with Gasteiger partial charge in [-0.25, -0.2) is 0 Å². The average Bonchev–Trinajstić information content (AvgIpc) is 3.03. The number of carbonyl (C=O) groups is 1. The van der Waals surface area contributed by atoms with Gasteiger partial charge in [0.25, 0.3) is 5.89 Å². The van der Waals surface area contributed by atoms with Gasteiger partial charge in [0.05, 0.1) is 12.0 Å². The second-order valence-corrected chi connectivity index (χ2v) is 6.22. The van der Waals surface area contributed by atoms with Crippen LogP contribution in [0.15, 0.2) is 9.80 Å². The fourth-order valence-electron chi connectivity index (χ4n) is 2.19. The van der Waals surface area contributed by atoms with E-state index in [1.165, 1.54) is 16.2 Å². The molecule has 1 saturated heterocycles. The van der Waals surface area contributed by atoms with Crippen molar-refractivity contribution in [2.75, 3.05) is 7.05 Å². The summed E-state index contributed by atoms with van der Waals surface area (Å²) in [5.41, 5.74) is 0.543. The number of aromatic nitrogens is 1. The van der Waals surface area contributed by atoms with Gasteiger partial charge in [0.1, 0.15) is 5.54 Å². The van der Waals surface area contributed by atoms with Crippen LogP contribution in [-0.2, 0) is 4.79 Å². The van der Waals surface area contributed by atoms with Crippen molar-refractivity contribution in [2.24, 2.45) is 0 Å². The Morgan fingerprint density at radius 2 is 2.30 bits per heavy atom. The van der Waals surface area contributed by atoms with Crippen LogP contribution in [0.25, 0.3) is 10.4 Å². The fraction of sp³-hybridized carbons (Fsp3) is 0.312. The molecule has 2 aromatic heterocycles. The molecule has 3 rings (SSSR count). The van der Waals surface area contributed by atoms with Crippen LogP contribution in [0.5, 0.6) is 0 Å². The van der Waals surface area contributed by atoms with Gasteiger partial charge in [0.2, 0.25) is 5.91 Å². The number of oxazole rings is 1. The summed E-state index contributed by atoms with van der Waals surface area (Å²) in [4.78, 5) is 18.2. The third-order valence-corrected chi connectivity index (χ3v) is 4.30. The molecule has 23 heavy (non-hydrogen) atoms. The molecule has 1 fully saturated rings. The fourth-order valence-corrected chi connectivity index (χ4v) is 2.98. The maximum Gasteiger partial charge on any atom is 0.275 e. The van der Waals surface area contributed by atoms with Gasteiger partial charge in [-0.2, -0.15) is 4.98 Å². The highest BCUT2D eigenvalue weighted by Gasteiger charge is 2.35. The first-order chi connectivity index (χ1) is 10.9. The first-order valence-corrected chi connectivity index (χ1v) is 7.77. The quantitative estimate of drug-likeness (QED) is 0.723. The summed E-state index contributed by atoms with van der Waals surface area (Å²) in [5.74, 6) is 11.9. The number of hydrogen-bond acceptors (Lipinski definition) is 5. The number of fused-ring (bicyclic) bond motifs is 1. The number of carbonyl (C=O) groups excluding carboxylic acids is 1. The lowest BCUT2D eigenvalue weighted by atomic mass is 9.95. The molecule has 1 aliphatic rings. The number of nitrogens with zero attached hydrogens (tertiary/aromatic N) is 2. The van der Waals surface area contributed by atoms with E-state index in [9.17, 15) is 4.79 Å². The van der Waals surface area contributed by atoms with E-state index in [0.29, 0.717) is 17.0 Å². The van der Waals surface area contributed by atoms with E-state index in [1.54, 1.807) is 20.9 Å². The summed E-state index contributed by atoms with van der Waals surface area (Å²) in [5, 5.41) is 12.6. The zero-order valence-corrected chi connectivity index (χ0v) is 13.7. The van der Waals surface area contributed by atoms with Gasteiger partial charge >= 0.3 is 0 Å². The van der Waals surface area contributed by atoms with Gasteiger partial charge in [-0.05, 0) is 19.8 Å². The molecule has 6 nitrogen and oxygen atoms in total. The van der Waals surface area contributed by atoms with E-state index in [4.69, 9.17) is 9.83 Å². The minimum absolute atomic E-state index is 0.0497. The summed E-state index contributed by atoms with van der Waals surface area (Å²) in [6, 6.07) is 0. The second-order valence-electron chi connectivity index (χ2n) is 5.36. The summed E-state index contributed by atoms with van der Waals surface area (Å²) in [6.07, 6.45) is 0.203. The predicted octanol–water partition coefficient (Wildman–Crippen LogP) is 1.76. The monoisotopic (exact) mass is 326 g/mol. The molecular formula is C16H14N4O2S. The molecule has 1 amide bonds. The maximum absolute atomic E-state index is 11.9. The molecular weight excluding hydrogens is 312 g/mol. The van der Waals surface area contributed by atoms with Crippen LogP contribution in [0.2, 0.25) is 0 Å². The topological polar surface area (TPSA) is 82.2 Å². The lowest BCUT2D eigenvalue weighted by Crippen LogP contribution is -2.59. The van der Waals surface area contributed by atoms with Crippen LogP contribution in [-0.4, -0.2) is 34.3 Å². The maximum atomic E-state index is 11.9. The normalized spacial score (nSPS) is 20.6. The molecule has 0 saturated carbocycles. The van der Waals surface area contributed by atoms with Crippen LogP contribution >= 0.6 is 11.3 Å². The Kier molecular flexibility index (Phi) is 3.59. The van der Waals surface area contributed by atoms with Crippen molar-refractivity contribution in [1.29, 1.82) is 5.41 Å². The summed E-state index contributed by atoms with van der Waals surface area (Å²) < 4.78 is 5.60. The van der Waals surface area contributed by atoms with Gasteiger partial charge in [0.15, 0.2) is 16.4 Å². The summed E-state index contributed by atoms with van der Waals surface area (Å²) in [7, 11) is 1.57. The molecule has 0 bridgehead atoms. The highest BCUT2D eigenvalue weighted by atomic mass is 32.1. The van der Waals surface area contributed by atoms with E-state index in [-0.39, 0.29) is 18.3 Å². The van der Waals surface area contributed by atoms with Gasteiger partial charge in [-0.3, -0.25) is 15.1 Å². The van der Waals surface area contributed by atoms with Crippen molar-refractivity contribution in [1.82, 2.24) is 15.2 Å². The Bertz CT molecular complexity index is 914. The van der Waals surface area contributed by atoms with Crippen LogP contribution in [0.4, 0.5) is 0 Å². The van der Waals surface area contributed by atoms with Gasteiger partial charge in [-0.1, -0.05) is 17.8 Å². The second kappa shape index (κ2) is 5.45. The number of amides is 1.